The summed E-state index contributed by atoms with van der Waals surface area (Å²) in [5, 5.41) is 18.8. The van der Waals surface area contributed by atoms with Crippen LogP contribution in [-0.4, -0.2) is 48.3 Å². The molecular weight excluding hydrogens is 220 g/mol. The van der Waals surface area contributed by atoms with Gasteiger partial charge in [-0.15, -0.1) is 0 Å². The topological polar surface area (TPSA) is 58.9 Å². The molecule has 2 aliphatic rings. The lowest BCUT2D eigenvalue weighted by atomic mass is 9.94. The first-order valence-corrected chi connectivity index (χ1v) is 6.54. The van der Waals surface area contributed by atoms with Crippen molar-refractivity contribution in [3.05, 3.63) is 0 Å². The summed E-state index contributed by atoms with van der Waals surface area (Å²) < 4.78 is 25.6. The van der Waals surface area contributed by atoms with Crippen molar-refractivity contribution < 1.29 is 22.4 Å². The minimum Gasteiger partial charge on any atom is -0.394 e. The summed E-state index contributed by atoms with van der Waals surface area (Å²) in [5.41, 5.74) is 0. The Morgan fingerprint density at radius 1 is 1.06 bits per heavy atom. The lowest BCUT2D eigenvalue weighted by Crippen LogP contribution is -2.21. The molecule has 0 amide bonds. The average molecular weight is 248 g/mol. The second-order valence-electron chi connectivity index (χ2n) is 4.95. The number of aliphatic hydroxyl groups is 2. The SMILES string of the molecule is [3H][C@H]1C[C@H](CCCC[C@H]2O[C@@H]([3H])C[C@@H]2O)[C@@H](CO)O1. The van der Waals surface area contributed by atoms with E-state index in [4.69, 9.17) is 17.3 Å². The summed E-state index contributed by atoms with van der Waals surface area (Å²) >= 11 is 0. The standard InChI is InChI=1S/C13H24O4/c14-9-13-10(5-7-17-13)3-1-2-4-12-11(15)6-8-16-12/h10-15H,1-9H2/t10-,11-,12+,13+/m0/s1/i7T,8T/t7-,8-,10-,11-,12+,13+. The summed E-state index contributed by atoms with van der Waals surface area (Å²) in [6.45, 7) is -1.08. The maximum atomic E-state index is 9.66. The van der Waals surface area contributed by atoms with Crippen LogP contribution >= 0.6 is 0 Å². The maximum Gasteiger partial charge on any atom is 0.0834 e. The molecule has 2 aliphatic heterocycles. The summed E-state index contributed by atoms with van der Waals surface area (Å²) in [4.78, 5) is 0. The number of rotatable bonds is 6. The quantitative estimate of drug-likeness (QED) is 0.691. The Balaban J connectivity index is 1.61. The van der Waals surface area contributed by atoms with Gasteiger partial charge in [0.25, 0.3) is 0 Å². The highest BCUT2D eigenvalue weighted by Crippen LogP contribution is 2.27. The zero-order chi connectivity index (χ0) is 13.8. The van der Waals surface area contributed by atoms with E-state index < -0.39 is 19.3 Å². The van der Waals surface area contributed by atoms with E-state index in [-0.39, 0.29) is 24.7 Å². The molecule has 0 radical (unpaired) electrons. The van der Waals surface area contributed by atoms with Gasteiger partial charge in [0.1, 0.15) is 0 Å². The predicted octanol–water partition coefficient (Wildman–Crippen LogP) is 1.09. The maximum absolute atomic E-state index is 9.66. The highest BCUT2D eigenvalue weighted by atomic mass is 16.5. The Labute approximate surface area is 106 Å². The molecule has 2 N–H and O–H groups in total. The Kier molecular flexibility index (Phi) is 4.22. The van der Waals surface area contributed by atoms with Gasteiger partial charge >= 0.3 is 0 Å². The minimum atomic E-state index is -0.578. The van der Waals surface area contributed by atoms with Gasteiger partial charge in [-0.25, -0.2) is 0 Å². The normalized spacial score (nSPS) is 48.1. The zero-order valence-corrected chi connectivity index (χ0v) is 10.1. The third kappa shape index (κ3) is 3.65. The molecule has 100 valence electrons. The van der Waals surface area contributed by atoms with Crippen LogP contribution in [0.15, 0.2) is 0 Å². The minimum absolute atomic E-state index is 0.00891. The molecule has 2 saturated heterocycles. The van der Waals surface area contributed by atoms with E-state index in [1.807, 2.05) is 0 Å². The van der Waals surface area contributed by atoms with E-state index in [2.05, 4.69) is 0 Å². The smallest absolute Gasteiger partial charge is 0.0834 e. The summed E-state index contributed by atoms with van der Waals surface area (Å²) in [6, 6.07) is 0. The van der Waals surface area contributed by atoms with E-state index in [0.29, 0.717) is 12.8 Å². The lowest BCUT2D eigenvalue weighted by Gasteiger charge is -2.17. The molecule has 0 aromatic carbocycles. The van der Waals surface area contributed by atoms with Crippen molar-refractivity contribution in [2.45, 2.75) is 56.8 Å². The molecule has 17 heavy (non-hydrogen) atoms. The number of ether oxygens (including phenoxy) is 2. The molecule has 0 saturated carbocycles. The number of hydrogen-bond donors (Lipinski definition) is 2. The van der Waals surface area contributed by atoms with Crippen molar-refractivity contribution in [1.82, 2.24) is 0 Å². The summed E-state index contributed by atoms with van der Waals surface area (Å²) in [6.07, 6.45) is 3.86. The second-order valence-corrected chi connectivity index (χ2v) is 4.95. The van der Waals surface area contributed by atoms with Gasteiger partial charge in [0.15, 0.2) is 0 Å². The Bertz CT molecular complexity index is 279. The fourth-order valence-corrected chi connectivity index (χ4v) is 2.59. The Morgan fingerprint density at radius 3 is 2.47 bits per heavy atom. The lowest BCUT2D eigenvalue weighted by molar-refractivity contribution is 0.0312. The van der Waals surface area contributed by atoms with Crippen LogP contribution in [0.4, 0.5) is 0 Å². The molecule has 2 rings (SSSR count). The zero-order valence-electron chi connectivity index (χ0n) is 12.1. The van der Waals surface area contributed by atoms with Crippen LogP contribution < -0.4 is 0 Å². The second kappa shape index (κ2) is 6.69. The number of hydrogen-bond acceptors (Lipinski definition) is 4. The first kappa shape index (κ1) is 10.7. The van der Waals surface area contributed by atoms with Gasteiger partial charge in [-0.1, -0.05) is 12.8 Å². The molecule has 0 aromatic rings. The Morgan fingerprint density at radius 2 is 1.76 bits per heavy atom. The molecule has 0 spiro atoms. The fourth-order valence-electron chi connectivity index (χ4n) is 2.59. The van der Waals surface area contributed by atoms with E-state index in [0.717, 1.165) is 25.7 Å². The highest BCUT2D eigenvalue weighted by molar-refractivity contribution is 4.77. The van der Waals surface area contributed by atoms with Crippen molar-refractivity contribution in [3.63, 3.8) is 0 Å². The summed E-state index contributed by atoms with van der Waals surface area (Å²) in [5.74, 6) is 0.269. The van der Waals surface area contributed by atoms with E-state index >= 15 is 0 Å². The number of aliphatic hydroxyl groups excluding tert-OH is 2. The van der Waals surface area contributed by atoms with Crippen LogP contribution in [0.2, 0.25) is 0 Å². The van der Waals surface area contributed by atoms with E-state index in [9.17, 15) is 5.11 Å². The van der Waals surface area contributed by atoms with Gasteiger partial charge in [0.2, 0.25) is 0 Å². The van der Waals surface area contributed by atoms with E-state index in [1.165, 1.54) is 0 Å². The molecule has 2 fully saturated rings. The van der Waals surface area contributed by atoms with Crippen LogP contribution in [0.3, 0.4) is 0 Å². The van der Waals surface area contributed by atoms with Crippen molar-refractivity contribution in [1.29, 1.82) is 0 Å². The fraction of sp³-hybridized carbons (Fsp3) is 1.00. The first-order chi connectivity index (χ1) is 9.10. The first-order valence-electron chi connectivity index (χ1n) is 7.70. The van der Waals surface area contributed by atoms with Crippen LogP contribution in [0.1, 0.15) is 41.3 Å². The molecular formula is C13H24O4. The van der Waals surface area contributed by atoms with Gasteiger partial charge in [-0.3, -0.25) is 0 Å². The number of unbranched alkanes of at least 4 members (excludes halogenated alkanes) is 1. The van der Waals surface area contributed by atoms with E-state index in [1.54, 1.807) is 0 Å². The molecule has 0 unspecified atom stereocenters. The highest BCUT2D eigenvalue weighted by Gasteiger charge is 2.28. The van der Waals surface area contributed by atoms with Crippen LogP contribution in [-0.2, 0) is 9.47 Å². The molecule has 0 aliphatic carbocycles. The van der Waals surface area contributed by atoms with Crippen molar-refractivity contribution in [3.8, 4) is 0 Å². The monoisotopic (exact) mass is 248 g/mol. The molecule has 0 bridgehead atoms. The summed E-state index contributed by atoms with van der Waals surface area (Å²) in [7, 11) is 0. The van der Waals surface area contributed by atoms with Crippen LogP contribution in [0.25, 0.3) is 0 Å². The average Bonchev–Trinajstić information content (AvgIpc) is 2.87. The van der Waals surface area contributed by atoms with Gasteiger partial charge in [-0.05, 0) is 31.6 Å². The van der Waals surface area contributed by atoms with Gasteiger partial charge < -0.3 is 19.7 Å². The third-order valence-corrected chi connectivity index (χ3v) is 3.73. The van der Waals surface area contributed by atoms with Crippen molar-refractivity contribution >= 4 is 0 Å². The van der Waals surface area contributed by atoms with Gasteiger partial charge in [0.05, 0.1) is 27.7 Å². The molecule has 4 nitrogen and oxygen atoms in total. The molecule has 4 heteroatoms. The molecule has 0 aromatic heterocycles. The van der Waals surface area contributed by atoms with Crippen LogP contribution in [0, 0.1) is 5.92 Å². The van der Waals surface area contributed by atoms with Crippen molar-refractivity contribution in [2.24, 2.45) is 5.92 Å². The van der Waals surface area contributed by atoms with Gasteiger partial charge in [0, 0.05) is 13.2 Å². The third-order valence-electron chi connectivity index (χ3n) is 3.73. The Hall–Kier alpha value is -0.160. The van der Waals surface area contributed by atoms with Crippen molar-refractivity contribution in [2.75, 3.05) is 19.8 Å². The largest absolute Gasteiger partial charge is 0.394 e. The van der Waals surface area contributed by atoms with Gasteiger partial charge in [-0.2, -0.15) is 0 Å². The van der Waals surface area contributed by atoms with Crippen LogP contribution in [0.5, 0.6) is 0 Å². The molecule has 6 atom stereocenters. The molecule has 2 heterocycles. The predicted molar refractivity (Wildman–Crippen MR) is 63.8 cm³/mol.